The summed E-state index contributed by atoms with van der Waals surface area (Å²) in [4.78, 5) is 26.1. The standard InChI is InChI=1S/C21H23N2O4P/c1-4-28(26,5-2)27-19-16-13-9-10-14-17(16)23(3)21(25)18(19)20(24)22-15-11-7-6-8-12-15/h6-14H,4-5H2,1-3H3,(H,22,24). The monoisotopic (exact) mass is 398 g/mol. The summed E-state index contributed by atoms with van der Waals surface area (Å²) < 4.78 is 20.4. The Kier molecular flexibility index (Phi) is 5.71. The van der Waals surface area contributed by atoms with Crippen LogP contribution in [-0.4, -0.2) is 22.8 Å². The second-order valence-electron chi connectivity index (χ2n) is 6.44. The maximum atomic E-state index is 13.0. The van der Waals surface area contributed by atoms with Crippen molar-refractivity contribution in [3.8, 4) is 5.75 Å². The topological polar surface area (TPSA) is 77.4 Å². The van der Waals surface area contributed by atoms with E-state index in [0.717, 1.165) is 0 Å². The van der Waals surface area contributed by atoms with Crippen molar-refractivity contribution in [3.63, 3.8) is 0 Å². The average Bonchev–Trinajstić information content (AvgIpc) is 2.72. The van der Waals surface area contributed by atoms with Gasteiger partial charge in [-0.15, -0.1) is 0 Å². The van der Waals surface area contributed by atoms with Crippen molar-refractivity contribution in [2.24, 2.45) is 7.05 Å². The number of carbonyl (C=O) groups is 1. The molecule has 28 heavy (non-hydrogen) atoms. The molecule has 6 nitrogen and oxygen atoms in total. The molecule has 0 unspecified atom stereocenters. The Hall–Kier alpha value is -2.85. The first-order valence-electron chi connectivity index (χ1n) is 9.16. The number of amides is 1. The Bertz CT molecular complexity index is 1110. The van der Waals surface area contributed by atoms with Gasteiger partial charge in [0.1, 0.15) is 5.56 Å². The molecule has 0 fully saturated rings. The molecule has 3 aromatic rings. The fourth-order valence-electron chi connectivity index (χ4n) is 3.00. The van der Waals surface area contributed by atoms with Gasteiger partial charge in [-0.25, -0.2) is 0 Å². The number of aryl methyl sites for hydroxylation is 1. The number of hydrogen-bond acceptors (Lipinski definition) is 4. The molecule has 7 heteroatoms. The van der Waals surface area contributed by atoms with Crippen molar-refractivity contribution in [3.05, 3.63) is 70.5 Å². The second-order valence-corrected chi connectivity index (χ2v) is 9.52. The predicted molar refractivity (Wildman–Crippen MR) is 113 cm³/mol. The van der Waals surface area contributed by atoms with Gasteiger partial charge in [0.2, 0.25) is 7.37 Å². The number of benzene rings is 2. The SMILES string of the molecule is CCP(=O)(CC)Oc1c(C(=O)Nc2ccccc2)c(=O)n(C)c2ccccc12. The summed E-state index contributed by atoms with van der Waals surface area (Å²) in [6.45, 7) is 3.55. The number of pyridine rings is 1. The average molecular weight is 398 g/mol. The first-order valence-corrected chi connectivity index (χ1v) is 11.2. The van der Waals surface area contributed by atoms with E-state index in [1.807, 2.05) is 6.07 Å². The molecule has 0 atom stereocenters. The molecule has 1 aromatic heterocycles. The van der Waals surface area contributed by atoms with Crippen LogP contribution in [0.1, 0.15) is 24.2 Å². The van der Waals surface area contributed by atoms with Crippen LogP contribution in [0.2, 0.25) is 0 Å². The van der Waals surface area contributed by atoms with Gasteiger partial charge in [-0.3, -0.25) is 14.2 Å². The van der Waals surface area contributed by atoms with E-state index in [9.17, 15) is 14.2 Å². The smallest absolute Gasteiger partial charge is 0.267 e. The third kappa shape index (κ3) is 3.73. The van der Waals surface area contributed by atoms with Gasteiger partial charge in [0, 0.05) is 30.4 Å². The highest BCUT2D eigenvalue weighted by Gasteiger charge is 2.28. The van der Waals surface area contributed by atoms with Crippen LogP contribution in [0.5, 0.6) is 5.75 Å². The molecule has 3 rings (SSSR count). The number of anilines is 1. The minimum Gasteiger partial charge on any atom is -0.441 e. The lowest BCUT2D eigenvalue weighted by Crippen LogP contribution is -2.29. The van der Waals surface area contributed by atoms with Crippen molar-refractivity contribution >= 4 is 29.9 Å². The van der Waals surface area contributed by atoms with Gasteiger partial charge in [0.25, 0.3) is 11.5 Å². The normalized spacial score (nSPS) is 11.4. The lowest BCUT2D eigenvalue weighted by Gasteiger charge is -2.21. The van der Waals surface area contributed by atoms with Crippen LogP contribution in [-0.2, 0) is 11.6 Å². The number of carbonyl (C=O) groups excluding carboxylic acids is 1. The first kappa shape index (κ1) is 19.9. The molecule has 0 aliphatic carbocycles. The number of rotatable bonds is 6. The van der Waals surface area contributed by atoms with Crippen molar-refractivity contribution in [1.82, 2.24) is 4.57 Å². The molecule has 2 aromatic carbocycles. The number of hydrogen-bond donors (Lipinski definition) is 1. The summed E-state index contributed by atoms with van der Waals surface area (Å²) in [5.74, 6) is -0.509. The molecular weight excluding hydrogens is 375 g/mol. The zero-order valence-electron chi connectivity index (χ0n) is 16.1. The van der Waals surface area contributed by atoms with Crippen LogP contribution in [0, 0.1) is 0 Å². The molecule has 1 N–H and O–H groups in total. The molecule has 0 aliphatic heterocycles. The quantitative estimate of drug-likeness (QED) is 0.621. The van der Waals surface area contributed by atoms with E-state index in [1.165, 1.54) is 4.57 Å². The van der Waals surface area contributed by atoms with E-state index < -0.39 is 18.8 Å². The molecule has 1 heterocycles. The van der Waals surface area contributed by atoms with Crippen LogP contribution in [0.15, 0.2) is 59.4 Å². The number of aromatic nitrogens is 1. The van der Waals surface area contributed by atoms with E-state index in [0.29, 0.717) is 28.9 Å². The highest BCUT2D eigenvalue weighted by atomic mass is 31.2. The molecule has 0 spiro atoms. The number of para-hydroxylation sites is 2. The Balaban J connectivity index is 2.24. The maximum Gasteiger partial charge on any atom is 0.267 e. The molecule has 0 radical (unpaired) electrons. The van der Waals surface area contributed by atoms with Crippen molar-refractivity contribution < 1.29 is 13.9 Å². The molecular formula is C21H23N2O4P. The summed E-state index contributed by atoms with van der Waals surface area (Å²) in [6.07, 6.45) is 0.625. The summed E-state index contributed by atoms with van der Waals surface area (Å²) >= 11 is 0. The van der Waals surface area contributed by atoms with Gasteiger partial charge < -0.3 is 14.4 Å². The van der Waals surface area contributed by atoms with Gasteiger partial charge in [0.05, 0.1) is 5.52 Å². The van der Waals surface area contributed by atoms with Crippen LogP contribution in [0.4, 0.5) is 5.69 Å². The number of nitrogens with zero attached hydrogens (tertiary/aromatic N) is 1. The third-order valence-electron chi connectivity index (χ3n) is 4.74. The number of nitrogens with one attached hydrogen (secondary N) is 1. The fourth-order valence-corrected chi connectivity index (χ4v) is 4.22. The Morgan fingerprint density at radius 1 is 1.04 bits per heavy atom. The summed E-state index contributed by atoms with van der Waals surface area (Å²) in [7, 11) is -1.42. The Morgan fingerprint density at radius 3 is 2.29 bits per heavy atom. The van der Waals surface area contributed by atoms with Gasteiger partial charge in [-0.1, -0.05) is 44.2 Å². The Morgan fingerprint density at radius 2 is 1.64 bits per heavy atom. The van der Waals surface area contributed by atoms with E-state index in [1.54, 1.807) is 69.4 Å². The van der Waals surface area contributed by atoms with Crippen LogP contribution < -0.4 is 15.4 Å². The zero-order valence-corrected chi connectivity index (χ0v) is 17.0. The molecule has 0 saturated heterocycles. The fraction of sp³-hybridized carbons (Fsp3) is 0.238. The molecule has 0 bridgehead atoms. The van der Waals surface area contributed by atoms with E-state index >= 15 is 0 Å². The van der Waals surface area contributed by atoms with E-state index in [-0.39, 0.29) is 11.3 Å². The van der Waals surface area contributed by atoms with Gasteiger partial charge in [-0.2, -0.15) is 0 Å². The Labute approximate surface area is 163 Å². The second kappa shape index (κ2) is 8.03. The number of fused-ring (bicyclic) bond motifs is 1. The minimum atomic E-state index is -3.02. The lowest BCUT2D eigenvalue weighted by atomic mass is 10.1. The van der Waals surface area contributed by atoms with Gasteiger partial charge >= 0.3 is 0 Å². The van der Waals surface area contributed by atoms with Crippen molar-refractivity contribution in [1.29, 1.82) is 0 Å². The third-order valence-corrected chi connectivity index (χ3v) is 7.18. The van der Waals surface area contributed by atoms with Crippen LogP contribution >= 0.6 is 7.37 Å². The molecule has 0 aliphatic rings. The first-order chi connectivity index (χ1) is 13.4. The highest BCUT2D eigenvalue weighted by Crippen LogP contribution is 2.48. The lowest BCUT2D eigenvalue weighted by molar-refractivity contribution is 0.102. The maximum absolute atomic E-state index is 13.0. The zero-order chi connectivity index (χ0) is 20.3. The predicted octanol–water partition coefficient (Wildman–Crippen LogP) is 4.49. The van der Waals surface area contributed by atoms with Crippen LogP contribution in [0.25, 0.3) is 10.9 Å². The highest BCUT2D eigenvalue weighted by molar-refractivity contribution is 7.59. The molecule has 0 saturated carbocycles. The van der Waals surface area contributed by atoms with E-state index in [2.05, 4.69) is 5.32 Å². The minimum absolute atomic E-state index is 0.0826. The molecule has 1 amide bonds. The van der Waals surface area contributed by atoms with Gasteiger partial charge in [-0.05, 0) is 24.3 Å². The summed E-state index contributed by atoms with van der Waals surface area (Å²) in [5.41, 5.74) is 0.522. The summed E-state index contributed by atoms with van der Waals surface area (Å²) in [5, 5.41) is 3.31. The largest absolute Gasteiger partial charge is 0.441 e. The van der Waals surface area contributed by atoms with E-state index in [4.69, 9.17) is 4.52 Å². The van der Waals surface area contributed by atoms with Crippen molar-refractivity contribution in [2.75, 3.05) is 17.6 Å². The molecule has 146 valence electrons. The van der Waals surface area contributed by atoms with Gasteiger partial charge in [0.15, 0.2) is 5.75 Å². The summed E-state index contributed by atoms with van der Waals surface area (Å²) in [6, 6.07) is 16.0. The van der Waals surface area contributed by atoms with Crippen molar-refractivity contribution in [2.45, 2.75) is 13.8 Å². The van der Waals surface area contributed by atoms with Crippen LogP contribution in [0.3, 0.4) is 0 Å².